The molecule has 144 valence electrons. The molecule has 2 aromatic carbocycles. The summed E-state index contributed by atoms with van der Waals surface area (Å²) in [5, 5.41) is 2.86. The number of hydrogen-bond acceptors (Lipinski definition) is 3. The largest absolute Gasteiger partial charge is 0.322 e. The topological polar surface area (TPSA) is 69.7 Å². The number of carbonyl (C=O) groups is 1. The van der Waals surface area contributed by atoms with Gasteiger partial charge in [0.05, 0.1) is 4.90 Å². The maximum absolute atomic E-state index is 13.0. The van der Waals surface area contributed by atoms with Crippen LogP contribution >= 0.6 is 0 Å². The zero-order chi connectivity index (χ0) is 19.6. The lowest BCUT2D eigenvalue weighted by Crippen LogP contribution is -2.51. The van der Waals surface area contributed by atoms with Crippen molar-refractivity contribution in [3.05, 3.63) is 59.4 Å². The minimum absolute atomic E-state index is 0.0528. The standard InChI is InChI=1S/C19H22FN3O3S/c1-14-11-15(2)13-17(12-14)21-19(24)22-7-9-23(10-8-22)27(25,26)18-5-3-16(20)4-6-18/h3-6,11-13H,7-10H2,1-2H3,(H,21,24). The van der Waals surface area contributed by atoms with Gasteiger partial charge < -0.3 is 10.2 Å². The first-order chi connectivity index (χ1) is 12.8. The summed E-state index contributed by atoms with van der Waals surface area (Å²) < 4.78 is 39.6. The third-order valence-corrected chi connectivity index (χ3v) is 6.36. The molecule has 0 bridgehead atoms. The Kier molecular flexibility index (Phi) is 5.48. The highest BCUT2D eigenvalue weighted by atomic mass is 32.2. The van der Waals surface area contributed by atoms with E-state index in [2.05, 4.69) is 5.32 Å². The summed E-state index contributed by atoms with van der Waals surface area (Å²) >= 11 is 0. The predicted octanol–water partition coefficient (Wildman–Crippen LogP) is 2.98. The minimum Gasteiger partial charge on any atom is -0.322 e. The third kappa shape index (κ3) is 4.45. The molecular formula is C19H22FN3O3S. The minimum atomic E-state index is -3.69. The number of hydrogen-bond donors (Lipinski definition) is 1. The Hall–Kier alpha value is -2.45. The van der Waals surface area contributed by atoms with Crippen molar-refractivity contribution in [2.75, 3.05) is 31.5 Å². The van der Waals surface area contributed by atoms with Crippen LogP contribution in [0.1, 0.15) is 11.1 Å². The van der Waals surface area contributed by atoms with Crippen LogP contribution in [0.25, 0.3) is 0 Å². The quantitative estimate of drug-likeness (QED) is 0.875. The molecule has 1 fully saturated rings. The van der Waals surface area contributed by atoms with E-state index < -0.39 is 15.8 Å². The first kappa shape index (κ1) is 19.3. The van der Waals surface area contributed by atoms with Crippen LogP contribution in [0, 0.1) is 19.7 Å². The lowest BCUT2D eigenvalue weighted by atomic mass is 10.1. The van der Waals surface area contributed by atoms with E-state index in [1.54, 1.807) is 4.90 Å². The van der Waals surface area contributed by atoms with Gasteiger partial charge in [-0.2, -0.15) is 4.31 Å². The van der Waals surface area contributed by atoms with Crippen LogP contribution in [0.4, 0.5) is 14.9 Å². The van der Waals surface area contributed by atoms with Gasteiger partial charge in [-0.05, 0) is 61.4 Å². The van der Waals surface area contributed by atoms with Crippen LogP contribution in [-0.4, -0.2) is 49.8 Å². The predicted molar refractivity (Wildman–Crippen MR) is 102 cm³/mol. The molecule has 1 N–H and O–H groups in total. The Balaban J connectivity index is 1.62. The normalized spacial score (nSPS) is 15.6. The summed E-state index contributed by atoms with van der Waals surface area (Å²) in [7, 11) is -3.69. The average molecular weight is 391 g/mol. The molecule has 8 heteroatoms. The lowest BCUT2D eigenvalue weighted by molar-refractivity contribution is 0.184. The van der Waals surface area contributed by atoms with Gasteiger partial charge in [-0.15, -0.1) is 0 Å². The van der Waals surface area contributed by atoms with Gasteiger partial charge in [0.2, 0.25) is 10.0 Å². The molecule has 0 aromatic heterocycles. The van der Waals surface area contributed by atoms with Gasteiger partial charge in [-0.1, -0.05) is 6.07 Å². The number of urea groups is 1. The average Bonchev–Trinajstić information content (AvgIpc) is 2.61. The van der Waals surface area contributed by atoms with Crippen molar-refractivity contribution in [3.8, 4) is 0 Å². The van der Waals surface area contributed by atoms with E-state index in [-0.39, 0.29) is 37.1 Å². The first-order valence-electron chi connectivity index (χ1n) is 8.66. The molecule has 2 amide bonds. The van der Waals surface area contributed by atoms with E-state index >= 15 is 0 Å². The monoisotopic (exact) mass is 391 g/mol. The molecule has 3 rings (SSSR count). The molecule has 6 nitrogen and oxygen atoms in total. The molecule has 0 aliphatic carbocycles. The van der Waals surface area contributed by atoms with Gasteiger partial charge in [0.15, 0.2) is 0 Å². The van der Waals surface area contributed by atoms with Gasteiger partial charge in [0.1, 0.15) is 5.82 Å². The molecule has 0 saturated carbocycles. The smallest absolute Gasteiger partial charge is 0.321 e. The second-order valence-electron chi connectivity index (χ2n) is 6.65. The van der Waals surface area contributed by atoms with Crippen molar-refractivity contribution in [1.82, 2.24) is 9.21 Å². The van der Waals surface area contributed by atoms with Crippen molar-refractivity contribution in [2.24, 2.45) is 0 Å². The van der Waals surface area contributed by atoms with E-state index in [1.165, 1.54) is 16.4 Å². The zero-order valence-electron chi connectivity index (χ0n) is 15.3. The molecule has 0 atom stereocenters. The van der Waals surface area contributed by atoms with Gasteiger partial charge in [0.25, 0.3) is 0 Å². The van der Waals surface area contributed by atoms with E-state index in [0.29, 0.717) is 0 Å². The number of piperazine rings is 1. The molecular weight excluding hydrogens is 369 g/mol. The summed E-state index contributed by atoms with van der Waals surface area (Å²) in [5.41, 5.74) is 2.83. The number of nitrogens with one attached hydrogen (secondary N) is 1. The number of halogens is 1. The van der Waals surface area contributed by atoms with Crippen molar-refractivity contribution in [2.45, 2.75) is 18.7 Å². The number of sulfonamides is 1. The van der Waals surface area contributed by atoms with E-state index in [0.717, 1.165) is 28.9 Å². The number of anilines is 1. The van der Waals surface area contributed by atoms with E-state index in [1.807, 2.05) is 32.0 Å². The van der Waals surface area contributed by atoms with Crippen molar-refractivity contribution >= 4 is 21.7 Å². The zero-order valence-corrected chi connectivity index (χ0v) is 16.1. The first-order valence-corrected chi connectivity index (χ1v) is 10.1. The summed E-state index contributed by atoms with van der Waals surface area (Å²) in [6.07, 6.45) is 0. The van der Waals surface area contributed by atoms with Gasteiger partial charge in [-0.3, -0.25) is 0 Å². The highest BCUT2D eigenvalue weighted by Crippen LogP contribution is 2.19. The number of aryl methyl sites for hydroxylation is 2. The van der Waals surface area contributed by atoms with E-state index in [9.17, 15) is 17.6 Å². The maximum Gasteiger partial charge on any atom is 0.321 e. The number of nitrogens with zero attached hydrogens (tertiary/aromatic N) is 2. The molecule has 27 heavy (non-hydrogen) atoms. The Morgan fingerprint density at radius 3 is 2.07 bits per heavy atom. The molecule has 0 unspecified atom stereocenters. The van der Waals surface area contributed by atoms with Gasteiger partial charge in [-0.25, -0.2) is 17.6 Å². The van der Waals surface area contributed by atoms with Crippen LogP contribution in [0.15, 0.2) is 47.4 Å². The van der Waals surface area contributed by atoms with E-state index in [4.69, 9.17) is 0 Å². The fourth-order valence-corrected chi connectivity index (χ4v) is 4.56. The van der Waals surface area contributed by atoms with Crippen LogP contribution in [0.3, 0.4) is 0 Å². The fourth-order valence-electron chi connectivity index (χ4n) is 3.14. The Morgan fingerprint density at radius 2 is 1.52 bits per heavy atom. The Labute approximate surface area is 158 Å². The number of carbonyl (C=O) groups excluding carboxylic acids is 1. The summed E-state index contributed by atoms with van der Waals surface area (Å²) in [6, 6.07) is 10.3. The van der Waals surface area contributed by atoms with Crippen LogP contribution in [-0.2, 0) is 10.0 Å². The SMILES string of the molecule is Cc1cc(C)cc(NC(=O)N2CCN(S(=O)(=O)c3ccc(F)cc3)CC2)c1. The summed E-state index contributed by atoms with van der Waals surface area (Å²) in [4.78, 5) is 14.1. The Bertz CT molecular complexity index is 917. The molecule has 0 radical (unpaired) electrons. The number of benzene rings is 2. The highest BCUT2D eigenvalue weighted by Gasteiger charge is 2.30. The molecule has 1 heterocycles. The maximum atomic E-state index is 13.0. The lowest BCUT2D eigenvalue weighted by Gasteiger charge is -2.34. The highest BCUT2D eigenvalue weighted by molar-refractivity contribution is 7.89. The molecule has 1 aliphatic rings. The second kappa shape index (κ2) is 7.66. The molecule has 1 saturated heterocycles. The van der Waals surface area contributed by atoms with Crippen LogP contribution in [0.2, 0.25) is 0 Å². The summed E-state index contributed by atoms with van der Waals surface area (Å²) in [6.45, 7) is 4.89. The third-order valence-electron chi connectivity index (χ3n) is 4.45. The van der Waals surface area contributed by atoms with Gasteiger partial charge >= 0.3 is 6.03 Å². The Morgan fingerprint density at radius 1 is 0.963 bits per heavy atom. The summed E-state index contributed by atoms with van der Waals surface area (Å²) in [5.74, 6) is -0.484. The molecule has 2 aromatic rings. The van der Waals surface area contributed by atoms with Crippen molar-refractivity contribution in [3.63, 3.8) is 0 Å². The van der Waals surface area contributed by atoms with Crippen molar-refractivity contribution < 1.29 is 17.6 Å². The second-order valence-corrected chi connectivity index (χ2v) is 8.59. The fraction of sp³-hybridized carbons (Fsp3) is 0.316. The van der Waals surface area contributed by atoms with Crippen LogP contribution < -0.4 is 5.32 Å². The van der Waals surface area contributed by atoms with Gasteiger partial charge in [0, 0.05) is 31.9 Å². The number of rotatable bonds is 3. The molecule has 1 aliphatic heterocycles. The number of amides is 2. The molecule has 0 spiro atoms. The van der Waals surface area contributed by atoms with Crippen molar-refractivity contribution in [1.29, 1.82) is 0 Å². The van der Waals surface area contributed by atoms with Crippen LogP contribution in [0.5, 0.6) is 0 Å².